The first-order valence-electron chi connectivity index (χ1n) is 10.8. The number of carbonyl (C=O) groups is 1. The van der Waals surface area contributed by atoms with Crippen LogP contribution >= 0.6 is 49.9 Å². The van der Waals surface area contributed by atoms with E-state index in [1.54, 1.807) is 23.8 Å². The molecule has 8 heteroatoms. The summed E-state index contributed by atoms with van der Waals surface area (Å²) in [4.78, 5) is 19.3. The van der Waals surface area contributed by atoms with Crippen molar-refractivity contribution < 1.29 is 14.3 Å². The number of nitrogens with zero attached hydrogens (tertiary/aromatic N) is 1. The van der Waals surface area contributed by atoms with Gasteiger partial charge in [-0.15, -0.1) is 11.3 Å². The molecule has 0 fully saturated rings. The van der Waals surface area contributed by atoms with Gasteiger partial charge in [0.15, 0.2) is 0 Å². The number of amides is 1. The summed E-state index contributed by atoms with van der Waals surface area (Å²) >= 11 is 7.09. The van der Waals surface area contributed by atoms with Gasteiger partial charge in [0.05, 0.1) is 26.4 Å². The minimum absolute atomic E-state index is 0.119. The normalized spacial score (nSPS) is 16.2. The highest BCUT2D eigenvalue weighted by atomic mass is 127. The molecular weight excluding hydrogens is 615 g/mol. The zero-order valence-corrected chi connectivity index (χ0v) is 23.3. The van der Waals surface area contributed by atoms with E-state index < -0.39 is 0 Å². The molecule has 1 aliphatic carbocycles. The van der Waals surface area contributed by atoms with Crippen LogP contribution in [0.15, 0.2) is 44.4 Å². The van der Waals surface area contributed by atoms with E-state index >= 15 is 0 Å². The monoisotopic (exact) mass is 640 g/mol. The van der Waals surface area contributed by atoms with Gasteiger partial charge in [-0.2, -0.15) is 0 Å². The Morgan fingerprint density at radius 2 is 2.21 bits per heavy atom. The number of phenolic OH excluding ortho intramolecular Hbond substituents is 1. The highest BCUT2D eigenvalue weighted by Gasteiger charge is 2.33. The summed E-state index contributed by atoms with van der Waals surface area (Å²) in [5.41, 5.74) is 2.88. The Kier molecular flexibility index (Phi) is 7.35. The van der Waals surface area contributed by atoms with Crippen LogP contribution in [0, 0.1) is 14.9 Å². The molecule has 3 aromatic rings. The van der Waals surface area contributed by atoms with Gasteiger partial charge in [-0.05, 0) is 105 Å². The van der Waals surface area contributed by atoms with Crippen molar-refractivity contribution in [3.63, 3.8) is 0 Å². The lowest BCUT2D eigenvalue weighted by Gasteiger charge is -2.33. The van der Waals surface area contributed by atoms with Crippen LogP contribution in [-0.4, -0.2) is 17.2 Å². The molecule has 2 aromatic heterocycles. The van der Waals surface area contributed by atoms with Gasteiger partial charge in [-0.3, -0.25) is 4.79 Å². The second-order valence-electron chi connectivity index (χ2n) is 9.34. The Hall–Kier alpha value is -1.65. The maximum Gasteiger partial charge on any atom is 0.255 e. The van der Waals surface area contributed by atoms with Crippen LogP contribution in [0.3, 0.4) is 0 Å². The fourth-order valence-corrected chi connectivity index (χ4v) is 6.86. The number of aromatic hydroxyl groups is 1. The number of nitrogens with one attached hydrogen (secondary N) is 1. The van der Waals surface area contributed by atoms with Crippen molar-refractivity contribution in [2.24, 2.45) is 16.3 Å². The highest BCUT2D eigenvalue weighted by molar-refractivity contribution is 14.1. The quantitative estimate of drug-likeness (QED) is 0.228. The summed E-state index contributed by atoms with van der Waals surface area (Å²) in [6, 6.07) is 7.35. The Labute approximate surface area is 220 Å². The van der Waals surface area contributed by atoms with Gasteiger partial charge >= 0.3 is 0 Å². The largest absolute Gasteiger partial charge is 0.506 e. The lowest BCUT2D eigenvalue weighted by molar-refractivity contribution is 0.0947. The average molecular weight is 641 g/mol. The molecule has 0 saturated heterocycles. The van der Waals surface area contributed by atoms with Gasteiger partial charge < -0.3 is 14.8 Å². The Morgan fingerprint density at radius 1 is 1.42 bits per heavy atom. The summed E-state index contributed by atoms with van der Waals surface area (Å²) in [6.45, 7) is 7.21. The molecule has 0 radical (unpaired) electrons. The molecule has 174 valence electrons. The van der Waals surface area contributed by atoms with Crippen molar-refractivity contribution in [3.8, 4) is 5.75 Å². The number of furan rings is 1. The number of fused-ring (bicyclic) bond motifs is 1. The van der Waals surface area contributed by atoms with Gasteiger partial charge in [-0.25, -0.2) is 4.99 Å². The van der Waals surface area contributed by atoms with E-state index in [-0.39, 0.29) is 17.1 Å². The van der Waals surface area contributed by atoms with Gasteiger partial charge in [0.1, 0.15) is 16.5 Å². The van der Waals surface area contributed by atoms with Crippen molar-refractivity contribution in [1.82, 2.24) is 5.32 Å². The minimum Gasteiger partial charge on any atom is -0.506 e. The lowest BCUT2D eigenvalue weighted by atomic mass is 9.72. The molecule has 0 aliphatic heterocycles. The number of halogens is 2. The first-order valence-corrected chi connectivity index (χ1v) is 13.5. The van der Waals surface area contributed by atoms with Gasteiger partial charge in [-0.1, -0.05) is 20.8 Å². The Bertz CT molecular complexity index is 1170. The van der Waals surface area contributed by atoms with Crippen molar-refractivity contribution in [1.29, 1.82) is 0 Å². The molecule has 0 unspecified atom stereocenters. The second-order valence-corrected chi connectivity index (χ2v) is 12.4. The number of rotatable bonds is 5. The van der Waals surface area contributed by atoms with E-state index in [4.69, 9.17) is 9.41 Å². The van der Waals surface area contributed by atoms with Gasteiger partial charge in [0.2, 0.25) is 0 Å². The number of phenols is 1. The Morgan fingerprint density at radius 3 is 2.88 bits per heavy atom. The molecule has 4 rings (SSSR count). The van der Waals surface area contributed by atoms with Crippen LogP contribution in [0.25, 0.3) is 0 Å². The third-order valence-corrected chi connectivity index (χ3v) is 8.66. The number of aliphatic imine (C=N–C) groups is 1. The summed E-state index contributed by atoms with van der Waals surface area (Å²) in [6.07, 6.45) is 6.29. The van der Waals surface area contributed by atoms with Crippen LogP contribution in [-0.2, 0) is 19.4 Å². The number of hydrogen-bond acceptors (Lipinski definition) is 5. The molecular formula is C25H26BrIN2O3S. The molecule has 0 spiro atoms. The maximum atomic E-state index is 13.3. The number of thiophene rings is 1. The maximum absolute atomic E-state index is 13.3. The van der Waals surface area contributed by atoms with E-state index in [9.17, 15) is 9.90 Å². The SMILES string of the molecule is CC(C)(C)[C@H]1CCc2c(sc(N=Cc3cc(Br)c(O)c(I)c3)c2C(=O)NCc2ccco2)C1. The first kappa shape index (κ1) is 24.5. The van der Waals surface area contributed by atoms with E-state index in [2.05, 4.69) is 64.6 Å². The molecule has 2 N–H and O–H groups in total. The molecule has 0 bridgehead atoms. The summed E-state index contributed by atoms with van der Waals surface area (Å²) < 4.78 is 6.72. The predicted octanol–water partition coefficient (Wildman–Crippen LogP) is 7.25. The van der Waals surface area contributed by atoms with E-state index in [0.29, 0.717) is 28.3 Å². The smallest absolute Gasteiger partial charge is 0.255 e. The molecule has 1 aliphatic rings. The zero-order valence-electron chi connectivity index (χ0n) is 18.7. The first-order chi connectivity index (χ1) is 15.6. The van der Waals surface area contributed by atoms with E-state index in [1.807, 2.05) is 24.3 Å². The van der Waals surface area contributed by atoms with Crippen molar-refractivity contribution in [2.45, 2.75) is 46.6 Å². The number of benzene rings is 1. The summed E-state index contributed by atoms with van der Waals surface area (Å²) in [5.74, 6) is 1.39. The minimum atomic E-state index is -0.119. The molecule has 2 heterocycles. The third-order valence-electron chi connectivity index (χ3n) is 6.07. The molecule has 1 amide bonds. The highest BCUT2D eigenvalue weighted by Crippen LogP contribution is 2.45. The number of carbonyl (C=O) groups excluding carboxylic acids is 1. The predicted molar refractivity (Wildman–Crippen MR) is 145 cm³/mol. The lowest BCUT2D eigenvalue weighted by Crippen LogP contribution is -2.28. The molecule has 1 aromatic carbocycles. The Balaban J connectivity index is 1.67. The second kappa shape index (κ2) is 9.92. The fraction of sp³-hybridized carbons (Fsp3) is 0.360. The molecule has 0 saturated carbocycles. The van der Waals surface area contributed by atoms with E-state index in [0.717, 1.165) is 39.0 Å². The molecule has 33 heavy (non-hydrogen) atoms. The average Bonchev–Trinajstić information content (AvgIpc) is 3.40. The fourth-order valence-electron chi connectivity index (χ4n) is 4.10. The van der Waals surface area contributed by atoms with Crippen LogP contribution < -0.4 is 5.32 Å². The number of hydrogen-bond donors (Lipinski definition) is 2. The van der Waals surface area contributed by atoms with Crippen molar-refractivity contribution in [3.05, 3.63) is 65.9 Å². The van der Waals surface area contributed by atoms with Crippen LogP contribution in [0.4, 0.5) is 5.00 Å². The topological polar surface area (TPSA) is 74.8 Å². The van der Waals surface area contributed by atoms with Crippen LogP contribution in [0.1, 0.15) is 59.3 Å². The van der Waals surface area contributed by atoms with Crippen molar-refractivity contribution >= 4 is 67.0 Å². The van der Waals surface area contributed by atoms with Crippen LogP contribution in [0.5, 0.6) is 5.75 Å². The van der Waals surface area contributed by atoms with Crippen molar-refractivity contribution in [2.75, 3.05) is 0 Å². The van der Waals surface area contributed by atoms with Crippen LogP contribution in [0.2, 0.25) is 0 Å². The molecule has 1 atom stereocenters. The molecule has 5 nitrogen and oxygen atoms in total. The standard InChI is InChI=1S/C25H26BrIN2O3S/c1-25(2,3)15-6-7-17-20(11-15)33-24(21(17)23(31)28-13-16-5-4-8-32-16)29-12-14-9-18(26)22(30)19(27)10-14/h4-5,8-10,12,15,30H,6-7,11,13H2,1-3H3,(H,28,31)/t15-/m0/s1. The zero-order chi connectivity index (χ0) is 23.8. The summed E-state index contributed by atoms with van der Waals surface area (Å²) in [7, 11) is 0. The summed E-state index contributed by atoms with van der Waals surface area (Å²) in [5, 5.41) is 13.7. The third kappa shape index (κ3) is 5.54. The van der Waals surface area contributed by atoms with E-state index in [1.165, 1.54) is 4.88 Å². The van der Waals surface area contributed by atoms with Gasteiger partial charge in [0, 0.05) is 11.1 Å². The van der Waals surface area contributed by atoms with Gasteiger partial charge in [0.25, 0.3) is 5.91 Å².